The zero-order valence-electron chi connectivity index (χ0n) is 12.0. The highest BCUT2D eigenvalue weighted by Crippen LogP contribution is 2.28. The lowest BCUT2D eigenvalue weighted by Gasteiger charge is -2.27. The van der Waals surface area contributed by atoms with Crippen LogP contribution in [0.15, 0.2) is 0 Å². The van der Waals surface area contributed by atoms with E-state index in [0.717, 1.165) is 36.1 Å². The zero-order chi connectivity index (χ0) is 14.0. The summed E-state index contributed by atoms with van der Waals surface area (Å²) in [5.74, 6) is -0.348. The monoisotopic (exact) mass is 283 g/mol. The van der Waals surface area contributed by atoms with Gasteiger partial charge in [-0.15, -0.1) is 11.3 Å². The van der Waals surface area contributed by atoms with Crippen LogP contribution in [0.25, 0.3) is 0 Å². The Kier molecular flexibility index (Phi) is 4.42. The van der Waals surface area contributed by atoms with Gasteiger partial charge in [-0.3, -0.25) is 0 Å². The summed E-state index contributed by atoms with van der Waals surface area (Å²) >= 11 is 1.57. The number of likely N-dealkylation sites (N-methyl/N-ethyl adjacent to an activating group) is 1. The second kappa shape index (κ2) is 5.88. The number of methoxy groups -OCH3 is 1. The maximum atomic E-state index is 11.6. The molecule has 2 rings (SSSR count). The SMILES string of the molecule is COC(=O)c1nc(N2CCCN(C)CC2C)sc1C. The van der Waals surface area contributed by atoms with Gasteiger partial charge >= 0.3 is 5.97 Å². The number of rotatable bonds is 2. The fourth-order valence-electron chi connectivity index (χ4n) is 2.45. The minimum absolute atomic E-state index is 0.348. The zero-order valence-corrected chi connectivity index (χ0v) is 12.8. The first kappa shape index (κ1) is 14.3. The summed E-state index contributed by atoms with van der Waals surface area (Å²) in [7, 11) is 3.54. The van der Waals surface area contributed by atoms with E-state index < -0.39 is 0 Å². The van der Waals surface area contributed by atoms with Crippen molar-refractivity contribution in [3.8, 4) is 0 Å². The number of hydrogen-bond acceptors (Lipinski definition) is 6. The molecule has 0 aromatic carbocycles. The second-order valence-electron chi connectivity index (χ2n) is 5.05. The molecule has 0 spiro atoms. The van der Waals surface area contributed by atoms with Crippen molar-refractivity contribution >= 4 is 22.4 Å². The van der Waals surface area contributed by atoms with Gasteiger partial charge in [0.15, 0.2) is 10.8 Å². The van der Waals surface area contributed by atoms with Gasteiger partial charge in [-0.05, 0) is 33.9 Å². The third-order valence-electron chi connectivity index (χ3n) is 3.46. The molecule has 106 valence electrons. The Morgan fingerprint density at radius 3 is 2.89 bits per heavy atom. The van der Waals surface area contributed by atoms with Crippen LogP contribution >= 0.6 is 11.3 Å². The van der Waals surface area contributed by atoms with Crippen molar-refractivity contribution in [1.82, 2.24) is 9.88 Å². The van der Waals surface area contributed by atoms with Gasteiger partial charge in [-0.2, -0.15) is 0 Å². The Labute approximate surface area is 118 Å². The first-order valence-corrected chi connectivity index (χ1v) is 7.35. The maximum Gasteiger partial charge on any atom is 0.357 e. The number of carbonyl (C=O) groups excluding carboxylic acids is 1. The summed E-state index contributed by atoms with van der Waals surface area (Å²) in [6.07, 6.45) is 1.12. The molecule has 1 aliphatic rings. The van der Waals surface area contributed by atoms with Crippen LogP contribution in [0.2, 0.25) is 0 Å². The molecule has 1 unspecified atom stereocenters. The molecular weight excluding hydrogens is 262 g/mol. The lowest BCUT2D eigenvalue weighted by molar-refractivity contribution is 0.0594. The number of nitrogens with zero attached hydrogens (tertiary/aromatic N) is 3. The summed E-state index contributed by atoms with van der Waals surface area (Å²) < 4.78 is 4.76. The molecule has 6 heteroatoms. The molecule has 1 saturated heterocycles. The normalized spacial score (nSPS) is 21.3. The molecule has 1 atom stereocenters. The van der Waals surface area contributed by atoms with Gasteiger partial charge in [0.1, 0.15) is 0 Å². The lowest BCUT2D eigenvalue weighted by atomic mass is 10.3. The Bertz CT molecular complexity index is 461. The molecular formula is C13H21N3O2S. The van der Waals surface area contributed by atoms with Gasteiger partial charge in [0.25, 0.3) is 0 Å². The number of thiazole rings is 1. The highest BCUT2D eigenvalue weighted by molar-refractivity contribution is 7.15. The van der Waals surface area contributed by atoms with Crippen molar-refractivity contribution in [2.24, 2.45) is 0 Å². The Balaban J connectivity index is 2.23. The fourth-order valence-corrected chi connectivity index (χ4v) is 3.47. The smallest absolute Gasteiger partial charge is 0.357 e. The largest absolute Gasteiger partial charge is 0.464 e. The summed E-state index contributed by atoms with van der Waals surface area (Å²) in [5.41, 5.74) is 0.451. The van der Waals surface area contributed by atoms with Crippen LogP contribution in [0, 0.1) is 6.92 Å². The highest BCUT2D eigenvalue weighted by Gasteiger charge is 2.25. The van der Waals surface area contributed by atoms with E-state index in [0.29, 0.717) is 11.7 Å². The van der Waals surface area contributed by atoms with E-state index in [1.165, 1.54) is 7.11 Å². The van der Waals surface area contributed by atoms with Crippen molar-refractivity contribution in [2.75, 3.05) is 38.7 Å². The molecule has 0 aliphatic carbocycles. The van der Waals surface area contributed by atoms with Crippen molar-refractivity contribution < 1.29 is 9.53 Å². The van der Waals surface area contributed by atoms with E-state index >= 15 is 0 Å². The highest BCUT2D eigenvalue weighted by atomic mass is 32.1. The van der Waals surface area contributed by atoms with Crippen molar-refractivity contribution in [2.45, 2.75) is 26.3 Å². The third-order valence-corrected chi connectivity index (χ3v) is 4.46. The quantitative estimate of drug-likeness (QED) is 0.774. The Morgan fingerprint density at radius 2 is 2.21 bits per heavy atom. The van der Waals surface area contributed by atoms with Crippen LogP contribution in [-0.2, 0) is 4.74 Å². The van der Waals surface area contributed by atoms with Gasteiger partial charge < -0.3 is 14.5 Å². The lowest BCUT2D eigenvalue weighted by Crippen LogP contribution is -2.37. The molecule has 1 aromatic rings. The van der Waals surface area contributed by atoms with E-state index in [2.05, 4.69) is 28.8 Å². The number of aromatic nitrogens is 1. The van der Waals surface area contributed by atoms with Crippen LogP contribution in [0.5, 0.6) is 0 Å². The van der Waals surface area contributed by atoms with Gasteiger partial charge in [0.05, 0.1) is 7.11 Å². The summed E-state index contributed by atoms with van der Waals surface area (Å²) in [4.78, 5) is 21.7. The first-order chi connectivity index (χ1) is 9.02. The minimum atomic E-state index is -0.348. The van der Waals surface area contributed by atoms with E-state index in [1.54, 1.807) is 11.3 Å². The molecule has 0 radical (unpaired) electrons. The Morgan fingerprint density at radius 1 is 1.47 bits per heavy atom. The molecule has 1 aromatic heterocycles. The van der Waals surface area contributed by atoms with Crippen LogP contribution < -0.4 is 4.90 Å². The number of carbonyl (C=O) groups is 1. The van der Waals surface area contributed by atoms with Gasteiger partial charge in [0.2, 0.25) is 0 Å². The fraction of sp³-hybridized carbons (Fsp3) is 0.692. The molecule has 0 N–H and O–H groups in total. The van der Waals surface area contributed by atoms with E-state index in [-0.39, 0.29) is 5.97 Å². The number of hydrogen-bond donors (Lipinski definition) is 0. The molecule has 1 aliphatic heterocycles. The number of ether oxygens (including phenoxy) is 1. The van der Waals surface area contributed by atoms with Crippen molar-refractivity contribution in [3.63, 3.8) is 0 Å². The maximum absolute atomic E-state index is 11.6. The van der Waals surface area contributed by atoms with Crippen LogP contribution in [0.3, 0.4) is 0 Å². The predicted octanol–water partition coefficient (Wildman–Crippen LogP) is 1.77. The molecule has 0 saturated carbocycles. The second-order valence-corrected chi connectivity index (χ2v) is 6.23. The molecule has 5 nitrogen and oxygen atoms in total. The summed E-state index contributed by atoms with van der Waals surface area (Å²) in [5, 5.41) is 0.931. The summed E-state index contributed by atoms with van der Waals surface area (Å²) in [6.45, 7) is 7.23. The van der Waals surface area contributed by atoms with E-state index in [9.17, 15) is 4.79 Å². The summed E-state index contributed by atoms with van der Waals surface area (Å²) in [6, 6.07) is 0.406. The van der Waals surface area contributed by atoms with Crippen molar-refractivity contribution in [3.05, 3.63) is 10.6 Å². The standard InChI is InChI=1S/C13H21N3O2S/c1-9-8-15(3)6-5-7-16(9)13-14-11(10(2)19-13)12(17)18-4/h9H,5-8H2,1-4H3. The molecule has 0 bridgehead atoms. The van der Waals surface area contributed by atoms with Crippen molar-refractivity contribution in [1.29, 1.82) is 0 Å². The predicted molar refractivity (Wildman–Crippen MR) is 77.1 cm³/mol. The Hall–Kier alpha value is -1.14. The van der Waals surface area contributed by atoms with E-state index in [1.807, 2.05) is 6.92 Å². The average molecular weight is 283 g/mol. The van der Waals surface area contributed by atoms with Gasteiger partial charge in [-0.25, -0.2) is 9.78 Å². The van der Waals surface area contributed by atoms with Gasteiger partial charge in [0, 0.05) is 24.0 Å². The minimum Gasteiger partial charge on any atom is -0.464 e. The van der Waals surface area contributed by atoms with Crippen LogP contribution in [0.4, 0.5) is 5.13 Å². The molecule has 2 heterocycles. The average Bonchev–Trinajstić information content (AvgIpc) is 2.66. The number of aryl methyl sites for hydroxylation is 1. The van der Waals surface area contributed by atoms with Gasteiger partial charge in [-0.1, -0.05) is 0 Å². The van der Waals surface area contributed by atoms with Crippen LogP contribution in [0.1, 0.15) is 28.7 Å². The molecule has 1 fully saturated rings. The van der Waals surface area contributed by atoms with Crippen LogP contribution in [-0.4, -0.2) is 55.7 Å². The molecule has 0 amide bonds. The number of anilines is 1. The van der Waals surface area contributed by atoms with E-state index in [4.69, 9.17) is 4.74 Å². The molecule has 19 heavy (non-hydrogen) atoms. The number of esters is 1. The third kappa shape index (κ3) is 3.06. The topological polar surface area (TPSA) is 45.7 Å². The first-order valence-electron chi connectivity index (χ1n) is 6.54.